The van der Waals surface area contributed by atoms with Gasteiger partial charge in [0.15, 0.2) is 0 Å². The lowest BCUT2D eigenvalue weighted by molar-refractivity contribution is 0.0637. The highest BCUT2D eigenvalue weighted by molar-refractivity contribution is 7.97. The van der Waals surface area contributed by atoms with E-state index in [0.717, 1.165) is 6.61 Å². The van der Waals surface area contributed by atoms with Crippen molar-refractivity contribution in [3.8, 4) is 0 Å². The van der Waals surface area contributed by atoms with Gasteiger partial charge in [0.05, 0.1) is 12.7 Å². The van der Waals surface area contributed by atoms with E-state index >= 15 is 0 Å². The molecule has 1 N–H and O–H groups in total. The van der Waals surface area contributed by atoms with E-state index < -0.39 is 0 Å². The van der Waals surface area contributed by atoms with Crippen LogP contribution in [-0.4, -0.2) is 24.5 Å². The molecular formula is C8H17NOS. The minimum absolute atomic E-state index is 0.365. The van der Waals surface area contributed by atoms with E-state index in [9.17, 15) is 0 Å². The highest BCUT2D eigenvalue weighted by Crippen LogP contribution is 2.13. The minimum atomic E-state index is 0.365. The van der Waals surface area contributed by atoms with Crippen molar-refractivity contribution in [3.63, 3.8) is 0 Å². The predicted octanol–water partition coefficient (Wildman–Crippen LogP) is 1.81. The molecular weight excluding hydrogens is 158 g/mol. The molecule has 2 nitrogen and oxygen atoms in total. The molecule has 1 aliphatic rings. The van der Waals surface area contributed by atoms with Crippen LogP contribution < -0.4 is 4.72 Å². The van der Waals surface area contributed by atoms with Gasteiger partial charge in [-0.15, -0.1) is 0 Å². The Kier molecular flexibility index (Phi) is 4.26. The zero-order valence-corrected chi connectivity index (χ0v) is 8.12. The van der Waals surface area contributed by atoms with Gasteiger partial charge in [-0.05, 0) is 26.7 Å². The van der Waals surface area contributed by atoms with Crippen LogP contribution in [0.1, 0.15) is 26.7 Å². The Morgan fingerprint density at radius 1 is 1.64 bits per heavy atom. The van der Waals surface area contributed by atoms with E-state index in [4.69, 9.17) is 4.74 Å². The Morgan fingerprint density at radius 2 is 2.45 bits per heavy atom. The molecule has 1 heterocycles. The maximum atomic E-state index is 5.51. The van der Waals surface area contributed by atoms with Crippen molar-refractivity contribution in [3.05, 3.63) is 0 Å². The standard InChI is InChI=1S/C8H17NOS/c1-7(2)10-6-8-4-3-5-11-9-8/h7-9H,3-6H2,1-2H3. The second-order valence-corrected chi connectivity index (χ2v) is 4.12. The maximum Gasteiger partial charge on any atom is 0.0632 e. The van der Waals surface area contributed by atoms with E-state index in [1.165, 1.54) is 18.6 Å². The number of rotatable bonds is 3. The van der Waals surface area contributed by atoms with Crippen molar-refractivity contribution in [1.29, 1.82) is 0 Å². The SMILES string of the molecule is CC(C)OCC1CCCSN1. The van der Waals surface area contributed by atoms with Crippen LogP contribution >= 0.6 is 11.9 Å². The molecule has 0 aromatic carbocycles. The summed E-state index contributed by atoms with van der Waals surface area (Å²) in [6.07, 6.45) is 2.95. The normalized spacial score (nSPS) is 25.9. The fraction of sp³-hybridized carbons (Fsp3) is 1.00. The predicted molar refractivity (Wildman–Crippen MR) is 49.7 cm³/mol. The van der Waals surface area contributed by atoms with Crippen LogP contribution in [0.5, 0.6) is 0 Å². The lowest BCUT2D eigenvalue weighted by Gasteiger charge is -2.23. The molecule has 0 saturated carbocycles. The van der Waals surface area contributed by atoms with Crippen molar-refractivity contribution >= 4 is 11.9 Å². The Balaban J connectivity index is 2.05. The van der Waals surface area contributed by atoms with Crippen LogP contribution in [0.4, 0.5) is 0 Å². The summed E-state index contributed by atoms with van der Waals surface area (Å²) >= 11 is 1.82. The van der Waals surface area contributed by atoms with Crippen LogP contribution in [0.2, 0.25) is 0 Å². The van der Waals surface area contributed by atoms with Gasteiger partial charge in [-0.3, -0.25) is 4.72 Å². The van der Waals surface area contributed by atoms with Gasteiger partial charge in [-0.2, -0.15) is 0 Å². The van der Waals surface area contributed by atoms with Crippen molar-refractivity contribution in [1.82, 2.24) is 4.72 Å². The zero-order valence-electron chi connectivity index (χ0n) is 7.30. The maximum absolute atomic E-state index is 5.51. The van der Waals surface area contributed by atoms with Crippen LogP contribution in [0.15, 0.2) is 0 Å². The molecule has 1 rings (SSSR count). The molecule has 0 aliphatic carbocycles. The molecule has 66 valence electrons. The first-order valence-electron chi connectivity index (χ1n) is 4.28. The summed E-state index contributed by atoms with van der Waals surface area (Å²) in [6.45, 7) is 5.02. The van der Waals surface area contributed by atoms with Crippen LogP contribution in [0, 0.1) is 0 Å². The van der Waals surface area contributed by atoms with Crippen molar-refractivity contribution < 1.29 is 4.74 Å². The van der Waals surface area contributed by atoms with Crippen molar-refractivity contribution in [2.45, 2.75) is 38.8 Å². The van der Waals surface area contributed by atoms with Crippen molar-refractivity contribution in [2.24, 2.45) is 0 Å². The molecule has 0 bridgehead atoms. The monoisotopic (exact) mass is 175 g/mol. The van der Waals surface area contributed by atoms with Crippen LogP contribution in [0.3, 0.4) is 0 Å². The summed E-state index contributed by atoms with van der Waals surface area (Å²) in [5, 5.41) is 0. The second-order valence-electron chi connectivity index (χ2n) is 3.19. The first kappa shape index (κ1) is 9.36. The smallest absolute Gasteiger partial charge is 0.0632 e. The third-order valence-corrected chi connectivity index (χ3v) is 2.67. The average Bonchev–Trinajstić information content (AvgIpc) is 2.03. The van der Waals surface area contributed by atoms with Crippen molar-refractivity contribution in [2.75, 3.05) is 12.4 Å². The van der Waals surface area contributed by atoms with Gasteiger partial charge in [0.25, 0.3) is 0 Å². The van der Waals surface area contributed by atoms with E-state index in [1.54, 1.807) is 0 Å². The number of hydrogen-bond acceptors (Lipinski definition) is 3. The molecule has 0 radical (unpaired) electrons. The fourth-order valence-electron chi connectivity index (χ4n) is 1.06. The van der Waals surface area contributed by atoms with Crippen LogP contribution in [-0.2, 0) is 4.74 Å². The van der Waals surface area contributed by atoms with Gasteiger partial charge < -0.3 is 4.74 Å². The molecule has 1 aliphatic heterocycles. The highest BCUT2D eigenvalue weighted by Gasteiger charge is 2.13. The second kappa shape index (κ2) is 5.01. The summed E-state index contributed by atoms with van der Waals surface area (Å²) < 4.78 is 8.87. The Labute approximate surface area is 73.2 Å². The first-order chi connectivity index (χ1) is 5.29. The largest absolute Gasteiger partial charge is 0.377 e. The number of ether oxygens (including phenoxy) is 1. The van der Waals surface area contributed by atoms with Gasteiger partial charge in [-0.1, -0.05) is 11.9 Å². The molecule has 0 aromatic heterocycles. The molecule has 0 amide bonds. The average molecular weight is 175 g/mol. The van der Waals surface area contributed by atoms with E-state index in [1.807, 2.05) is 11.9 Å². The quantitative estimate of drug-likeness (QED) is 0.661. The molecule has 1 fully saturated rings. The fourth-order valence-corrected chi connectivity index (χ4v) is 1.91. The van der Waals surface area contributed by atoms with E-state index in [2.05, 4.69) is 18.6 Å². The molecule has 1 unspecified atom stereocenters. The highest BCUT2D eigenvalue weighted by atomic mass is 32.2. The number of hydrogen-bond donors (Lipinski definition) is 1. The topological polar surface area (TPSA) is 21.3 Å². The lowest BCUT2D eigenvalue weighted by Crippen LogP contribution is -2.33. The van der Waals surface area contributed by atoms with E-state index in [-0.39, 0.29) is 0 Å². The molecule has 3 heteroatoms. The number of nitrogens with one attached hydrogen (secondary N) is 1. The summed E-state index contributed by atoms with van der Waals surface area (Å²) in [5.74, 6) is 1.25. The first-order valence-corrected chi connectivity index (χ1v) is 5.26. The zero-order chi connectivity index (χ0) is 8.10. The van der Waals surface area contributed by atoms with E-state index in [0.29, 0.717) is 12.1 Å². The summed E-state index contributed by atoms with van der Waals surface area (Å²) in [6, 6.07) is 0.580. The summed E-state index contributed by atoms with van der Waals surface area (Å²) in [7, 11) is 0. The van der Waals surface area contributed by atoms with Gasteiger partial charge in [0.2, 0.25) is 0 Å². The Morgan fingerprint density at radius 3 is 3.00 bits per heavy atom. The Bertz CT molecular complexity index is 102. The van der Waals surface area contributed by atoms with Gasteiger partial charge in [0, 0.05) is 11.8 Å². The van der Waals surface area contributed by atoms with Gasteiger partial charge in [-0.25, -0.2) is 0 Å². The molecule has 0 spiro atoms. The molecule has 1 saturated heterocycles. The summed E-state index contributed by atoms with van der Waals surface area (Å²) in [5.41, 5.74) is 0. The van der Waals surface area contributed by atoms with Crippen LogP contribution in [0.25, 0.3) is 0 Å². The third kappa shape index (κ3) is 3.99. The third-order valence-electron chi connectivity index (χ3n) is 1.68. The Hall–Kier alpha value is 0.270. The minimum Gasteiger partial charge on any atom is -0.377 e. The molecule has 1 atom stereocenters. The molecule has 11 heavy (non-hydrogen) atoms. The lowest BCUT2D eigenvalue weighted by atomic mass is 10.2. The molecule has 0 aromatic rings. The summed E-state index contributed by atoms with van der Waals surface area (Å²) in [4.78, 5) is 0. The van der Waals surface area contributed by atoms with Gasteiger partial charge in [0.1, 0.15) is 0 Å². The van der Waals surface area contributed by atoms with Gasteiger partial charge >= 0.3 is 0 Å².